The molecule has 1 atom stereocenters. The van der Waals surface area contributed by atoms with Gasteiger partial charge < -0.3 is 29.3 Å². The third-order valence-corrected chi connectivity index (χ3v) is 6.67. The van der Waals surface area contributed by atoms with E-state index >= 15 is 0 Å². The highest BCUT2D eigenvalue weighted by molar-refractivity contribution is 5.97. The average Bonchev–Trinajstić information content (AvgIpc) is 2.87. The minimum atomic E-state index is -0.0173. The average molecular weight is 468 g/mol. The van der Waals surface area contributed by atoms with Crippen LogP contribution < -0.4 is 19.5 Å². The summed E-state index contributed by atoms with van der Waals surface area (Å²) in [5, 5.41) is 2.94. The molecular weight excluding hydrogens is 434 g/mol. The van der Waals surface area contributed by atoms with Gasteiger partial charge in [0, 0.05) is 43.3 Å². The van der Waals surface area contributed by atoms with Crippen LogP contribution >= 0.6 is 0 Å². The molecule has 1 unspecified atom stereocenters. The minimum absolute atomic E-state index is 0.0173. The van der Waals surface area contributed by atoms with Crippen LogP contribution in [0.25, 0.3) is 0 Å². The first-order chi connectivity index (χ1) is 16.5. The second-order valence-corrected chi connectivity index (χ2v) is 8.74. The lowest BCUT2D eigenvalue weighted by atomic mass is 9.94. The number of hydrogen-bond donors (Lipinski definition) is 1. The maximum absolute atomic E-state index is 13.3. The largest absolute Gasteiger partial charge is 0.497 e. The smallest absolute Gasteiger partial charge is 0.254 e. The molecule has 34 heavy (non-hydrogen) atoms. The van der Waals surface area contributed by atoms with Crippen molar-refractivity contribution in [3.63, 3.8) is 0 Å². The van der Waals surface area contributed by atoms with Crippen LogP contribution in [0.5, 0.6) is 17.2 Å². The first-order valence-electron chi connectivity index (χ1n) is 11.7. The number of anilines is 1. The van der Waals surface area contributed by atoms with Crippen LogP contribution in [0.1, 0.15) is 35.2 Å². The molecule has 2 amide bonds. The van der Waals surface area contributed by atoms with Crippen LogP contribution in [0.15, 0.2) is 36.4 Å². The fourth-order valence-electron chi connectivity index (χ4n) is 4.82. The van der Waals surface area contributed by atoms with Gasteiger partial charge in [0.05, 0.1) is 21.3 Å². The number of rotatable bonds is 8. The number of fused-ring (bicyclic) bond motifs is 1. The van der Waals surface area contributed by atoms with Gasteiger partial charge in [0.25, 0.3) is 5.91 Å². The molecule has 0 aliphatic carbocycles. The first kappa shape index (κ1) is 23.9. The van der Waals surface area contributed by atoms with Gasteiger partial charge in [0.2, 0.25) is 5.91 Å². The fourth-order valence-corrected chi connectivity index (χ4v) is 4.82. The molecule has 2 aliphatic heterocycles. The number of nitrogens with one attached hydrogen (secondary N) is 1. The summed E-state index contributed by atoms with van der Waals surface area (Å²) < 4.78 is 16.0. The van der Waals surface area contributed by atoms with Crippen LogP contribution in [0.3, 0.4) is 0 Å². The summed E-state index contributed by atoms with van der Waals surface area (Å²) in [6.07, 6.45) is 3.19. The molecule has 0 spiro atoms. The quantitative estimate of drug-likeness (QED) is 0.642. The SMILES string of the molecule is COc1ccc(NC(=O)CCN2CCCC(N3CCc4cc(OC)c(OC)cc4C3=O)C2)cc1. The molecule has 1 N–H and O–H groups in total. The van der Waals surface area contributed by atoms with E-state index in [0.29, 0.717) is 36.6 Å². The summed E-state index contributed by atoms with van der Waals surface area (Å²) in [5.41, 5.74) is 2.45. The fraction of sp³-hybridized carbons (Fsp3) is 0.462. The van der Waals surface area contributed by atoms with Gasteiger partial charge in [-0.3, -0.25) is 9.59 Å². The van der Waals surface area contributed by atoms with Gasteiger partial charge in [-0.05, 0) is 67.8 Å². The third-order valence-electron chi connectivity index (χ3n) is 6.67. The number of piperidine rings is 1. The monoisotopic (exact) mass is 467 g/mol. The highest BCUT2D eigenvalue weighted by Gasteiger charge is 2.33. The highest BCUT2D eigenvalue weighted by atomic mass is 16.5. The molecule has 4 rings (SSSR count). The molecule has 2 aromatic rings. The number of benzene rings is 2. The van der Waals surface area contributed by atoms with Gasteiger partial charge in [0.15, 0.2) is 11.5 Å². The summed E-state index contributed by atoms with van der Waals surface area (Å²) in [5.74, 6) is 2.01. The van der Waals surface area contributed by atoms with E-state index < -0.39 is 0 Å². The molecule has 0 bridgehead atoms. The van der Waals surface area contributed by atoms with Gasteiger partial charge in [-0.25, -0.2) is 0 Å². The molecule has 0 saturated carbocycles. The van der Waals surface area contributed by atoms with Crippen molar-refractivity contribution in [2.75, 3.05) is 52.8 Å². The maximum Gasteiger partial charge on any atom is 0.254 e. The Kier molecular flexibility index (Phi) is 7.57. The molecule has 1 saturated heterocycles. The highest BCUT2D eigenvalue weighted by Crippen LogP contribution is 2.34. The second-order valence-electron chi connectivity index (χ2n) is 8.74. The standard InChI is InChI=1S/C26H33N3O5/c1-32-21-8-6-19(7-9-21)27-25(30)11-13-28-12-4-5-20(17-28)29-14-10-18-15-23(33-2)24(34-3)16-22(18)26(29)31/h6-9,15-16,20H,4-5,10-14,17H2,1-3H3,(H,27,30). The number of ether oxygens (including phenoxy) is 3. The lowest BCUT2D eigenvalue weighted by Crippen LogP contribution is -2.52. The van der Waals surface area contributed by atoms with Crippen LogP contribution in [-0.2, 0) is 11.2 Å². The van der Waals surface area contributed by atoms with Gasteiger partial charge in [-0.2, -0.15) is 0 Å². The topological polar surface area (TPSA) is 80.3 Å². The van der Waals surface area contributed by atoms with E-state index in [-0.39, 0.29) is 17.9 Å². The summed E-state index contributed by atoms with van der Waals surface area (Å²) in [6, 6.07) is 11.2. The Morgan fingerprint density at radius 3 is 2.47 bits per heavy atom. The van der Waals surface area contributed by atoms with Crippen molar-refractivity contribution in [1.29, 1.82) is 0 Å². The molecule has 8 nitrogen and oxygen atoms in total. The zero-order valence-corrected chi connectivity index (χ0v) is 20.1. The second kappa shape index (κ2) is 10.8. The number of hydrogen-bond acceptors (Lipinski definition) is 6. The number of amides is 2. The molecular formula is C26H33N3O5. The third kappa shape index (κ3) is 5.28. The predicted molar refractivity (Wildman–Crippen MR) is 130 cm³/mol. The molecule has 2 heterocycles. The molecule has 182 valence electrons. The molecule has 8 heteroatoms. The summed E-state index contributed by atoms with van der Waals surface area (Å²) in [7, 11) is 4.80. The van der Waals surface area contributed by atoms with E-state index in [4.69, 9.17) is 14.2 Å². The summed E-state index contributed by atoms with van der Waals surface area (Å²) in [4.78, 5) is 30.1. The zero-order chi connectivity index (χ0) is 24.1. The van der Waals surface area contributed by atoms with E-state index in [2.05, 4.69) is 10.2 Å². The number of methoxy groups -OCH3 is 3. The van der Waals surface area contributed by atoms with Gasteiger partial charge in [-0.15, -0.1) is 0 Å². The van der Waals surface area contributed by atoms with E-state index in [9.17, 15) is 9.59 Å². The Balaban J connectivity index is 1.33. The van der Waals surface area contributed by atoms with E-state index in [1.54, 1.807) is 27.4 Å². The number of likely N-dealkylation sites (tertiary alicyclic amines) is 1. The molecule has 0 radical (unpaired) electrons. The predicted octanol–water partition coefficient (Wildman–Crippen LogP) is 3.20. The van der Waals surface area contributed by atoms with E-state index in [1.807, 2.05) is 35.2 Å². The normalized spacial score (nSPS) is 18.3. The maximum atomic E-state index is 13.3. The van der Waals surface area contributed by atoms with Gasteiger partial charge >= 0.3 is 0 Å². The zero-order valence-electron chi connectivity index (χ0n) is 20.1. The van der Waals surface area contributed by atoms with Crippen molar-refractivity contribution >= 4 is 17.5 Å². The van der Waals surface area contributed by atoms with Crippen LogP contribution in [-0.4, -0.2) is 75.2 Å². The Labute approximate surface area is 200 Å². The Morgan fingerprint density at radius 1 is 1.03 bits per heavy atom. The van der Waals surface area contributed by atoms with Crippen LogP contribution in [0.4, 0.5) is 5.69 Å². The molecule has 2 aromatic carbocycles. The van der Waals surface area contributed by atoms with Crippen molar-refractivity contribution in [2.24, 2.45) is 0 Å². The Morgan fingerprint density at radius 2 is 1.76 bits per heavy atom. The van der Waals surface area contributed by atoms with Gasteiger partial charge in [0.1, 0.15) is 5.75 Å². The number of carbonyl (C=O) groups is 2. The summed E-state index contributed by atoms with van der Waals surface area (Å²) in [6.45, 7) is 3.08. The molecule has 0 aromatic heterocycles. The Bertz CT molecular complexity index is 1020. The summed E-state index contributed by atoms with van der Waals surface area (Å²) >= 11 is 0. The van der Waals surface area contributed by atoms with E-state index in [0.717, 1.165) is 49.4 Å². The van der Waals surface area contributed by atoms with Crippen molar-refractivity contribution in [3.8, 4) is 17.2 Å². The Hall–Kier alpha value is -3.26. The lowest BCUT2D eigenvalue weighted by molar-refractivity contribution is -0.116. The van der Waals surface area contributed by atoms with E-state index in [1.165, 1.54) is 0 Å². The lowest BCUT2D eigenvalue weighted by Gasteiger charge is -2.41. The number of nitrogens with zero attached hydrogens (tertiary/aromatic N) is 2. The van der Waals surface area contributed by atoms with Crippen LogP contribution in [0, 0.1) is 0 Å². The van der Waals surface area contributed by atoms with Crippen molar-refractivity contribution in [3.05, 3.63) is 47.5 Å². The van der Waals surface area contributed by atoms with Gasteiger partial charge in [-0.1, -0.05) is 0 Å². The number of carbonyl (C=O) groups excluding carboxylic acids is 2. The van der Waals surface area contributed by atoms with Crippen molar-refractivity contribution in [1.82, 2.24) is 9.80 Å². The minimum Gasteiger partial charge on any atom is -0.497 e. The van der Waals surface area contributed by atoms with Crippen LogP contribution in [0.2, 0.25) is 0 Å². The molecule has 2 aliphatic rings. The van der Waals surface area contributed by atoms with Crippen molar-refractivity contribution < 1.29 is 23.8 Å². The van der Waals surface area contributed by atoms with Crippen molar-refractivity contribution in [2.45, 2.75) is 31.7 Å². The molecule has 1 fully saturated rings. The first-order valence-corrected chi connectivity index (χ1v) is 11.7.